The molecule has 2 aromatic carbocycles. The summed E-state index contributed by atoms with van der Waals surface area (Å²) in [5.74, 6) is -1.16. The first-order valence-electron chi connectivity index (χ1n) is 6.71. The minimum Gasteiger partial charge on any atom is -0.321 e. The molecule has 1 nitrogen and oxygen atoms in total. The standard InChI is InChI=1S/C17H18BrF2N/c1-10-4-5-11(2)13(8-10)17(3,21)9-12-15(19)7-6-14(18)16(12)20/h4-8H,9,21H2,1-3H3. The topological polar surface area (TPSA) is 26.0 Å². The first-order chi connectivity index (χ1) is 9.72. The summed E-state index contributed by atoms with van der Waals surface area (Å²) >= 11 is 3.09. The van der Waals surface area contributed by atoms with E-state index >= 15 is 0 Å². The van der Waals surface area contributed by atoms with Crippen molar-refractivity contribution in [2.45, 2.75) is 32.7 Å². The Balaban J connectivity index is 2.47. The monoisotopic (exact) mass is 353 g/mol. The molecule has 1 atom stereocenters. The molecule has 0 aliphatic carbocycles. The van der Waals surface area contributed by atoms with Gasteiger partial charge in [0.15, 0.2) is 0 Å². The first-order valence-corrected chi connectivity index (χ1v) is 7.50. The molecule has 0 aliphatic heterocycles. The largest absolute Gasteiger partial charge is 0.321 e. The molecule has 2 aromatic rings. The van der Waals surface area contributed by atoms with Crippen LogP contribution in [-0.2, 0) is 12.0 Å². The Kier molecular flexibility index (Phi) is 4.49. The lowest BCUT2D eigenvalue weighted by Crippen LogP contribution is -2.37. The summed E-state index contributed by atoms with van der Waals surface area (Å²) in [6.45, 7) is 5.72. The molecule has 0 aromatic heterocycles. The summed E-state index contributed by atoms with van der Waals surface area (Å²) in [6.07, 6.45) is 0.0917. The van der Waals surface area contributed by atoms with Crippen molar-refractivity contribution >= 4 is 15.9 Å². The molecule has 0 heterocycles. The van der Waals surface area contributed by atoms with E-state index in [0.717, 1.165) is 16.7 Å². The molecular weight excluding hydrogens is 336 g/mol. The molecule has 4 heteroatoms. The first kappa shape index (κ1) is 16.1. The molecule has 0 saturated carbocycles. The Labute approximate surface area is 132 Å². The maximum Gasteiger partial charge on any atom is 0.143 e. The predicted molar refractivity (Wildman–Crippen MR) is 85.2 cm³/mol. The van der Waals surface area contributed by atoms with E-state index in [1.807, 2.05) is 32.0 Å². The molecule has 0 bridgehead atoms. The Bertz CT molecular complexity index is 681. The summed E-state index contributed by atoms with van der Waals surface area (Å²) in [4.78, 5) is 0. The second-order valence-corrected chi connectivity index (χ2v) is 6.59. The molecule has 0 saturated heterocycles. The second-order valence-electron chi connectivity index (χ2n) is 5.73. The highest BCUT2D eigenvalue weighted by molar-refractivity contribution is 9.10. The number of hydrogen-bond acceptors (Lipinski definition) is 1. The van der Waals surface area contributed by atoms with E-state index in [4.69, 9.17) is 5.73 Å². The maximum atomic E-state index is 14.1. The normalized spacial score (nSPS) is 14.0. The van der Waals surface area contributed by atoms with Crippen LogP contribution in [0.25, 0.3) is 0 Å². The van der Waals surface area contributed by atoms with E-state index in [0.29, 0.717) is 0 Å². The Hall–Kier alpha value is -1.26. The Morgan fingerprint density at radius 1 is 1.14 bits per heavy atom. The third-order valence-corrected chi connectivity index (χ3v) is 4.30. The quantitative estimate of drug-likeness (QED) is 0.790. The highest BCUT2D eigenvalue weighted by atomic mass is 79.9. The van der Waals surface area contributed by atoms with Crippen LogP contribution in [0.5, 0.6) is 0 Å². The van der Waals surface area contributed by atoms with E-state index in [-0.39, 0.29) is 16.5 Å². The Morgan fingerprint density at radius 3 is 2.48 bits per heavy atom. The van der Waals surface area contributed by atoms with Gasteiger partial charge in [0.1, 0.15) is 11.6 Å². The molecule has 2 N–H and O–H groups in total. The molecule has 0 fully saturated rings. The molecule has 1 unspecified atom stereocenters. The van der Waals surface area contributed by atoms with Crippen molar-refractivity contribution in [1.82, 2.24) is 0 Å². The fraction of sp³-hybridized carbons (Fsp3) is 0.294. The van der Waals surface area contributed by atoms with Gasteiger partial charge in [-0.3, -0.25) is 0 Å². The van der Waals surface area contributed by atoms with Crippen molar-refractivity contribution in [3.8, 4) is 0 Å². The van der Waals surface area contributed by atoms with Crippen molar-refractivity contribution in [3.05, 3.63) is 68.7 Å². The zero-order valence-corrected chi connectivity index (χ0v) is 13.9. The average molecular weight is 354 g/mol. The molecule has 0 aliphatic rings. The van der Waals surface area contributed by atoms with Gasteiger partial charge in [0.05, 0.1) is 4.47 Å². The number of halogens is 3. The molecule has 0 amide bonds. The van der Waals surface area contributed by atoms with Crippen LogP contribution in [0.1, 0.15) is 29.2 Å². The number of nitrogens with two attached hydrogens (primary N) is 1. The molecular formula is C17H18BrF2N. The second kappa shape index (κ2) is 5.85. The van der Waals surface area contributed by atoms with Crippen LogP contribution in [0.3, 0.4) is 0 Å². The van der Waals surface area contributed by atoms with Crippen LogP contribution in [0.15, 0.2) is 34.8 Å². The van der Waals surface area contributed by atoms with Gasteiger partial charge in [-0.2, -0.15) is 0 Å². The van der Waals surface area contributed by atoms with Crippen molar-refractivity contribution in [2.75, 3.05) is 0 Å². The van der Waals surface area contributed by atoms with Crippen LogP contribution >= 0.6 is 15.9 Å². The third kappa shape index (κ3) is 3.33. The van der Waals surface area contributed by atoms with Gasteiger partial charge >= 0.3 is 0 Å². The summed E-state index contributed by atoms with van der Waals surface area (Å²) in [7, 11) is 0. The van der Waals surface area contributed by atoms with E-state index in [1.54, 1.807) is 6.92 Å². The van der Waals surface area contributed by atoms with Gasteiger partial charge in [-0.15, -0.1) is 0 Å². The zero-order valence-electron chi connectivity index (χ0n) is 12.3. The fourth-order valence-electron chi connectivity index (χ4n) is 2.54. The molecule has 112 valence electrons. The molecule has 0 radical (unpaired) electrons. The van der Waals surface area contributed by atoms with E-state index < -0.39 is 17.2 Å². The van der Waals surface area contributed by atoms with Crippen molar-refractivity contribution in [2.24, 2.45) is 5.73 Å². The minimum absolute atomic E-state index is 0.00952. The zero-order chi connectivity index (χ0) is 15.8. The van der Waals surface area contributed by atoms with Gasteiger partial charge in [0.25, 0.3) is 0 Å². The van der Waals surface area contributed by atoms with Crippen LogP contribution in [0, 0.1) is 25.5 Å². The van der Waals surface area contributed by atoms with Gasteiger partial charge < -0.3 is 5.73 Å². The van der Waals surface area contributed by atoms with E-state index in [1.165, 1.54) is 12.1 Å². The number of benzene rings is 2. The summed E-state index contributed by atoms with van der Waals surface area (Å²) in [5.41, 5.74) is 8.53. The summed E-state index contributed by atoms with van der Waals surface area (Å²) in [5, 5.41) is 0. The lowest BCUT2D eigenvalue weighted by molar-refractivity contribution is 0.452. The lowest BCUT2D eigenvalue weighted by atomic mass is 9.83. The highest BCUT2D eigenvalue weighted by Crippen LogP contribution is 2.30. The SMILES string of the molecule is Cc1ccc(C)c(C(C)(N)Cc2c(F)ccc(Br)c2F)c1. The molecule has 0 spiro atoms. The van der Waals surface area contributed by atoms with Gasteiger partial charge in [-0.25, -0.2) is 8.78 Å². The van der Waals surface area contributed by atoms with Gasteiger partial charge in [-0.1, -0.05) is 23.8 Å². The van der Waals surface area contributed by atoms with Crippen molar-refractivity contribution in [3.63, 3.8) is 0 Å². The van der Waals surface area contributed by atoms with Crippen LogP contribution in [0.2, 0.25) is 0 Å². The smallest absolute Gasteiger partial charge is 0.143 e. The van der Waals surface area contributed by atoms with Crippen molar-refractivity contribution in [1.29, 1.82) is 0 Å². The average Bonchev–Trinajstić information content (AvgIpc) is 2.42. The van der Waals surface area contributed by atoms with Gasteiger partial charge in [0, 0.05) is 17.5 Å². The van der Waals surface area contributed by atoms with E-state index in [9.17, 15) is 8.78 Å². The lowest BCUT2D eigenvalue weighted by Gasteiger charge is -2.28. The van der Waals surface area contributed by atoms with Crippen molar-refractivity contribution < 1.29 is 8.78 Å². The highest BCUT2D eigenvalue weighted by Gasteiger charge is 2.27. The third-order valence-electron chi connectivity index (χ3n) is 3.69. The van der Waals surface area contributed by atoms with E-state index in [2.05, 4.69) is 15.9 Å². The molecule has 2 rings (SSSR count). The van der Waals surface area contributed by atoms with Gasteiger partial charge in [0.2, 0.25) is 0 Å². The van der Waals surface area contributed by atoms with Crippen LogP contribution in [0.4, 0.5) is 8.78 Å². The van der Waals surface area contributed by atoms with Gasteiger partial charge in [-0.05, 0) is 60.0 Å². The summed E-state index contributed by atoms with van der Waals surface area (Å²) < 4.78 is 28.3. The summed E-state index contributed by atoms with van der Waals surface area (Å²) in [6, 6.07) is 8.56. The van der Waals surface area contributed by atoms with Crippen LogP contribution < -0.4 is 5.73 Å². The number of hydrogen-bond donors (Lipinski definition) is 1. The fourth-order valence-corrected chi connectivity index (χ4v) is 2.92. The van der Waals surface area contributed by atoms with Crippen LogP contribution in [-0.4, -0.2) is 0 Å². The Morgan fingerprint density at radius 2 is 1.81 bits per heavy atom. The molecule has 21 heavy (non-hydrogen) atoms. The predicted octanol–water partition coefficient (Wildman–Crippen LogP) is 4.76. The number of rotatable bonds is 3. The number of aryl methyl sites for hydroxylation is 2. The maximum absolute atomic E-state index is 14.1. The minimum atomic E-state index is -0.849.